The summed E-state index contributed by atoms with van der Waals surface area (Å²) >= 11 is 0. The SMILES string of the molecule is Bc1cccc(N(c2cccc(-c3ccccc3)c2)c2cccc3oc4ccccc4c23)c1. The molecule has 1 aromatic heterocycles. The van der Waals surface area contributed by atoms with E-state index in [-0.39, 0.29) is 0 Å². The molecule has 5 aromatic carbocycles. The third-order valence-corrected chi connectivity index (χ3v) is 6.09. The Morgan fingerprint density at radius 3 is 2.06 bits per heavy atom. The van der Waals surface area contributed by atoms with E-state index in [0.717, 1.165) is 39.0 Å². The Balaban J connectivity index is 1.63. The number of furan rings is 1. The fourth-order valence-electron chi connectivity index (χ4n) is 4.59. The first-order valence-electron chi connectivity index (χ1n) is 11.2. The lowest BCUT2D eigenvalue weighted by molar-refractivity contribution is 0.669. The average molecular weight is 423 g/mol. The lowest BCUT2D eigenvalue weighted by atomic mass is 9.95. The lowest BCUT2D eigenvalue weighted by Crippen LogP contribution is -2.13. The van der Waals surface area contributed by atoms with Gasteiger partial charge < -0.3 is 9.32 Å². The van der Waals surface area contributed by atoms with Gasteiger partial charge in [-0.15, -0.1) is 0 Å². The van der Waals surface area contributed by atoms with Crippen LogP contribution in [0.15, 0.2) is 126 Å². The summed E-state index contributed by atoms with van der Waals surface area (Å²) in [7, 11) is 2.13. The van der Waals surface area contributed by atoms with E-state index in [0.29, 0.717) is 0 Å². The first-order chi connectivity index (χ1) is 16.3. The highest BCUT2D eigenvalue weighted by atomic mass is 16.3. The van der Waals surface area contributed by atoms with Crippen molar-refractivity contribution < 1.29 is 4.42 Å². The van der Waals surface area contributed by atoms with Crippen molar-refractivity contribution >= 4 is 52.3 Å². The molecule has 2 nitrogen and oxygen atoms in total. The number of fused-ring (bicyclic) bond motifs is 3. The van der Waals surface area contributed by atoms with Gasteiger partial charge in [-0.2, -0.15) is 0 Å². The molecular formula is C30H22BNO. The summed E-state index contributed by atoms with van der Waals surface area (Å²) in [5.41, 5.74) is 8.75. The van der Waals surface area contributed by atoms with Crippen molar-refractivity contribution in [1.29, 1.82) is 0 Å². The zero-order valence-electron chi connectivity index (χ0n) is 18.4. The molecular weight excluding hydrogens is 401 g/mol. The highest BCUT2D eigenvalue weighted by Gasteiger charge is 2.19. The number of hydrogen-bond donors (Lipinski definition) is 0. The number of hydrogen-bond acceptors (Lipinski definition) is 2. The molecule has 0 amide bonds. The first kappa shape index (κ1) is 19.5. The third-order valence-electron chi connectivity index (χ3n) is 6.09. The number of benzene rings is 5. The van der Waals surface area contributed by atoms with E-state index in [9.17, 15) is 0 Å². The summed E-state index contributed by atoms with van der Waals surface area (Å²) < 4.78 is 6.21. The molecule has 0 N–H and O–H groups in total. The van der Waals surface area contributed by atoms with Crippen LogP contribution < -0.4 is 10.4 Å². The molecule has 0 radical (unpaired) electrons. The van der Waals surface area contributed by atoms with Gasteiger partial charge in [0.05, 0.1) is 11.1 Å². The monoisotopic (exact) mass is 423 g/mol. The van der Waals surface area contributed by atoms with Crippen LogP contribution in [-0.2, 0) is 0 Å². The van der Waals surface area contributed by atoms with Gasteiger partial charge in [-0.25, -0.2) is 0 Å². The van der Waals surface area contributed by atoms with Crippen molar-refractivity contribution in [1.82, 2.24) is 0 Å². The van der Waals surface area contributed by atoms with Crippen molar-refractivity contribution in [3.8, 4) is 11.1 Å². The van der Waals surface area contributed by atoms with Crippen LogP contribution in [0.3, 0.4) is 0 Å². The van der Waals surface area contributed by atoms with Crippen LogP contribution in [0.4, 0.5) is 17.1 Å². The molecule has 0 aliphatic carbocycles. The van der Waals surface area contributed by atoms with Gasteiger partial charge in [0.25, 0.3) is 0 Å². The van der Waals surface area contributed by atoms with Crippen LogP contribution in [-0.4, -0.2) is 7.85 Å². The second kappa shape index (κ2) is 8.03. The number of nitrogens with zero attached hydrogens (tertiary/aromatic N) is 1. The first-order valence-corrected chi connectivity index (χ1v) is 11.2. The molecule has 0 fully saturated rings. The molecule has 0 saturated heterocycles. The van der Waals surface area contributed by atoms with Crippen LogP contribution in [0, 0.1) is 0 Å². The van der Waals surface area contributed by atoms with Crippen LogP contribution in [0.2, 0.25) is 0 Å². The van der Waals surface area contributed by atoms with E-state index in [2.05, 4.69) is 116 Å². The van der Waals surface area contributed by atoms with Crippen LogP contribution in [0.5, 0.6) is 0 Å². The molecule has 0 aliphatic heterocycles. The van der Waals surface area contributed by atoms with Crippen molar-refractivity contribution in [2.24, 2.45) is 0 Å². The Morgan fingerprint density at radius 2 is 1.21 bits per heavy atom. The molecule has 3 heteroatoms. The van der Waals surface area contributed by atoms with Crippen molar-refractivity contribution in [3.63, 3.8) is 0 Å². The fraction of sp³-hybridized carbons (Fsp3) is 0. The highest BCUT2D eigenvalue weighted by molar-refractivity contribution is 6.32. The molecule has 0 unspecified atom stereocenters. The highest BCUT2D eigenvalue weighted by Crippen LogP contribution is 2.43. The van der Waals surface area contributed by atoms with Gasteiger partial charge in [0.1, 0.15) is 19.0 Å². The Morgan fingerprint density at radius 1 is 0.545 bits per heavy atom. The minimum absolute atomic E-state index is 0.894. The van der Waals surface area contributed by atoms with Gasteiger partial charge in [-0.3, -0.25) is 0 Å². The maximum atomic E-state index is 6.21. The quantitative estimate of drug-likeness (QED) is 0.285. The fourth-order valence-corrected chi connectivity index (χ4v) is 4.59. The molecule has 33 heavy (non-hydrogen) atoms. The lowest BCUT2D eigenvalue weighted by Gasteiger charge is -2.27. The van der Waals surface area contributed by atoms with E-state index < -0.39 is 0 Å². The molecule has 6 rings (SSSR count). The van der Waals surface area contributed by atoms with Crippen LogP contribution in [0.1, 0.15) is 0 Å². The predicted molar refractivity (Wildman–Crippen MR) is 142 cm³/mol. The predicted octanol–water partition coefficient (Wildman–Crippen LogP) is 6.98. The van der Waals surface area contributed by atoms with Crippen LogP contribution in [0.25, 0.3) is 33.1 Å². The second-order valence-corrected chi connectivity index (χ2v) is 8.34. The van der Waals surface area contributed by atoms with Gasteiger partial charge in [-0.1, -0.05) is 84.3 Å². The average Bonchev–Trinajstić information content (AvgIpc) is 3.25. The summed E-state index contributed by atoms with van der Waals surface area (Å²) in [6.45, 7) is 0. The largest absolute Gasteiger partial charge is 0.456 e. The molecule has 0 atom stereocenters. The zero-order chi connectivity index (χ0) is 22.2. The van der Waals surface area contributed by atoms with Gasteiger partial charge in [-0.05, 0) is 53.6 Å². The Bertz CT molecular complexity index is 1590. The number of anilines is 3. The molecule has 0 bridgehead atoms. The van der Waals surface area contributed by atoms with E-state index >= 15 is 0 Å². The maximum absolute atomic E-state index is 6.21. The summed E-state index contributed by atoms with van der Waals surface area (Å²) in [5.74, 6) is 0. The normalized spacial score (nSPS) is 11.2. The number of rotatable bonds is 4. The van der Waals surface area contributed by atoms with Crippen LogP contribution >= 0.6 is 0 Å². The van der Waals surface area contributed by atoms with Crippen molar-refractivity contribution in [3.05, 3.63) is 121 Å². The molecule has 0 spiro atoms. The van der Waals surface area contributed by atoms with Crippen molar-refractivity contribution in [2.45, 2.75) is 0 Å². The summed E-state index contributed by atoms with van der Waals surface area (Å²) in [6.07, 6.45) is 0. The van der Waals surface area contributed by atoms with E-state index in [1.165, 1.54) is 16.6 Å². The summed E-state index contributed by atoms with van der Waals surface area (Å²) in [5, 5.41) is 2.25. The molecule has 156 valence electrons. The standard InChI is InChI=1S/C30H22BNO/c31-23-12-7-14-25(20-23)32(24-13-6-11-22(19-24)21-9-2-1-3-10-21)27-16-8-18-29-30(27)26-15-4-5-17-28(26)33-29/h1-20H,31H2. The van der Waals surface area contributed by atoms with Gasteiger partial charge >= 0.3 is 0 Å². The summed E-state index contributed by atoms with van der Waals surface area (Å²) in [6, 6.07) is 42.5. The minimum Gasteiger partial charge on any atom is -0.456 e. The molecule has 6 aromatic rings. The van der Waals surface area contributed by atoms with Gasteiger partial charge in [0.15, 0.2) is 0 Å². The van der Waals surface area contributed by atoms with Gasteiger partial charge in [0, 0.05) is 16.8 Å². The smallest absolute Gasteiger partial charge is 0.139 e. The zero-order valence-corrected chi connectivity index (χ0v) is 18.4. The van der Waals surface area contributed by atoms with E-state index in [1.54, 1.807) is 0 Å². The summed E-state index contributed by atoms with van der Waals surface area (Å²) in [4.78, 5) is 2.34. The molecule has 0 saturated carbocycles. The van der Waals surface area contributed by atoms with Crippen molar-refractivity contribution in [2.75, 3.05) is 4.90 Å². The van der Waals surface area contributed by atoms with E-state index in [4.69, 9.17) is 4.42 Å². The Hall–Kier alpha value is -4.24. The Labute approximate surface area is 194 Å². The molecule has 1 heterocycles. The third kappa shape index (κ3) is 3.48. The maximum Gasteiger partial charge on any atom is 0.139 e. The van der Waals surface area contributed by atoms with Gasteiger partial charge in [0.2, 0.25) is 0 Å². The topological polar surface area (TPSA) is 16.4 Å². The Kier molecular flexibility index (Phi) is 4.73. The number of para-hydroxylation sites is 1. The minimum atomic E-state index is 0.894. The second-order valence-electron chi connectivity index (χ2n) is 8.34. The van der Waals surface area contributed by atoms with E-state index in [1.807, 2.05) is 18.2 Å². The molecule has 0 aliphatic rings.